The third-order valence-electron chi connectivity index (χ3n) is 2.78. The Hall–Kier alpha value is -2.28. The number of ketones is 1. The molecular weight excluding hydrogens is 278 g/mol. The van der Waals surface area contributed by atoms with Crippen LogP contribution >= 0.6 is 11.3 Å². The molecule has 1 amide bonds. The molecule has 0 aliphatic heterocycles. The van der Waals surface area contributed by atoms with E-state index in [1.54, 1.807) is 20.0 Å². The minimum atomic E-state index is -1.17. The van der Waals surface area contributed by atoms with Gasteiger partial charge in [0.2, 0.25) is 0 Å². The van der Waals surface area contributed by atoms with Gasteiger partial charge in [-0.25, -0.2) is 9.78 Å². The highest BCUT2D eigenvalue weighted by Gasteiger charge is 2.33. The van der Waals surface area contributed by atoms with E-state index in [0.29, 0.717) is 5.69 Å². The van der Waals surface area contributed by atoms with Crippen LogP contribution in [-0.4, -0.2) is 27.0 Å². The lowest BCUT2D eigenvalue weighted by Crippen LogP contribution is -2.29. The average molecular weight is 291 g/mol. The van der Waals surface area contributed by atoms with Crippen molar-refractivity contribution in [2.75, 3.05) is 5.32 Å². The largest absolute Gasteiger partial charge is 0.465 e. The highest BCUT2D eigenvalue weighted by Crippen LogP contribution is 2.28. The maximum absolute atomic E-state index is 12.5. The Morgan fingerprint density at radius 3 is 2.55 bits per heavy atom. The fourth-order valence-corrected chi connectivity index (χ4v) is 2.43. The van der Waals surface area contributed by atoms with Crippen molar-refractivity contribution < 1.29 is 14.7 Å². The van der Waals surface area contributed by atoms with Gasteiger partial charge in [-0.1, -0.05) is 0 Å². The Morgan fingerprint density at radius 2 is 2.05 bits per heavy atom. The second-order valence-corrected chi connectivity index (χ2v) is 5.55. The van der Waals surface area contributed by atoms with Gasteiger partial charge in [-0.2, -0.15) is 0 Å². The molecule has 2 heterocycles. The molecule has 2 rings (SSSR count). The summed E-state index contributed by atoms with van der Waals surface area (Å²) < 4.78 is 0. The summed E-state index contributed by atoms with van der Waals surface area (Å²) in [7, 11) is 0. The van der Waals surface area contributed by atoms with Crippen molar-refractivity contribution in [2.45, 2.75) is 19.3 Å². The molecule has 0 aliphatic rings. The zero-order valence-corrected chi connectivity index (χ0v) is 11.8. The number of carbonyl (C=O) groups is 2. The number of thiazole rings is 1. The van der Waals surface area contributed by atoms with E-state index in [0.717, 1.165) is 5.01 Å². The monoisotopic (exact) mass is 291 g/mol. The molecule has 2 N–H and O–H groups in total. The third kappa shape index (κ3) is 2.83. The van der Waals surface area contributed by atoms with Crippen LogP contribution in [0.3, 0.4) is 0 Å². The fourth-order valence-electron chi connectivity index (χ4n) is 1.68. The Labute approximate surface area is 119 Å². The normalized spacial score (nSPS) is 11.1. The topological polar surface area (TPSA) is 92.2 Å². The molecule has 0 aromatic carbocycles. The molecule has 0 saturated carbocycles. The van der Waals surface area contributed by atoms with Gasteiger partial charge in [0.1, 0.15) is 10.7 Å². The van der Waals surface area contributed by atoms with E-state index in [9.17, 15) is 9.59 Å². The number of anilines is 1. The first kappa shape index (κ1) is 14.1. The molecule has 0 saturated heterocycles. The fraction of sp³-hybridized carbons (Fsp3) is 0.231. The molecule has 0 atom stereocenters. The lowest BCUT2D eigenvalue weighted by atomic mass is 9.87. The van der Waals surface area contributed by atoms with E-state index in [4.69, 9.17) is 5.11 Å². The highest BCUT2D eigenvalue weighted by molar-refractivity contribution is 7.09. The summed E-state index contributed by atoms with van der Waals surface area (Å²) in [6.07, 6.45) is 1.80. The first-order valence-electron chi connectivity index (χ1n) is 5.82. The van der Waals surface area contributed by atoms with Gasteiger partial charge in [-0.3, -0.25) is 15.1 Å². The summed E-state index contributed by atoms with van der Waals surface area (Å²) in [4.78, 5) is 31.1. The van der Waals surface area contributed by atoms with E-state index in [1.807, 2.05) is 5.38 Å². The minimum absolute atomic E-state index is 0.158. The van der Waals surface area contributed by atoms with Crippen molar-refractivity contribution in [3.63, 3.8) is 0 Å². The van der Waals surface area contributed by atoms with Gasteiger partial charge in [0.25, 0.3) is 0 Å². The second-order valence-electron chi connectivity index (χ2n) is 4.65. The van der Waals surface area contributed by atoms with E-state index >= 15 is 0 Å². The van der Waals surface area contributed by atoms with Crippen molar-refractivity contribution in [1.29, 1.82) is 0 Å². The molecule has 20 heavy (non-hydrogen) atoms. The lowest BCUT2D eigenvalue weighted by molar-refractivity contribution is 0.0903. The second kappa shape index (κ2) is 5.38. The number of aromatic nitrogens is 2. The van der Waals surface area contributed by atoms with E-state index in [-0.39, 0.29) is 11.5 Å². The molecular formula is C13H13N3O3S. The molecule has 0 bridgehead atoms. The zero-order valence-electron chi connectivity index (χ0n) is 11.0. The van der Waals surface area contributed by atoms with Crippen LogP contribution in [0.1, 0.15) is 29.3 Å². The van der Waals surface area contributed by atoms with E-state index in [2.05, 4.69) is 15.3 Å². The Balaban J connectivity index is 2.23. The lowest BCUT2D eigenvalue weighted by Gasteiger charge is -2.19. The van der Waals surface area contributed by atoms with Crippen LogP contribution < -0.4 is 5.32 Å². The first-order valence-corrected chi connectivity index (χ1v) is 6.70. The van der Waals surface area contributed by atoms with E-state index in [1.165, 1.54) is 29.7 Å². The maximum Gasteiger partial charge on any atom is 0.409 e. The number of hydrogen-bond acceptors (Lipinski definition) is 5. The number of nitrogens with zero attached hydrogens (tertiary/aromatic N) is 2. The predicted molar refractivity (Wildman–Crippen MR) is 75.4 cm³/mol. The SMILES string of the molecule is CC(C)(C(=O)c1ccc(NC(=O)O)cn1)c1nccs1. The summed E-state index contributed by atoms with van der Waals surface area (Å²) in [5.74, 6) is -0.158. The zero-order chi connectivity index (χ0) is 14.8. The van der Waals surface area contributed by atoms with Gasteiger partial charge < -0.3 is 5.11 Å². The number of carboxylic acid groups (broad SMARTS) is 1. The van der Waals surface area contributed by atoms with Gasteiger partial charge in [-0.05, 0) is 26.0 Å². The molecule has 0 spiro atoms. The standard InChI is InChI=1S/C13H13N3O3S/c1-13(2,11-14-5-6-20-11)10(17)9-4-3-8(7-15-9)16-12(18)19/h3-7,16H,1-2H3,(H,18,19). The smallest absolute Gasteiger partial charge is 0.409 e. The number of pyridine rings is 1. The van der Waals surface area contributed by atoms with Crippen LogP contribution in [0.4, 0.5) is 10.5 Å². The minimum Gasteiger partial charge on any atom is -0.465 e. The van der Waals surface area contributed by atoms with Crippen LogP contribution in [-0.2, 0) is 5.41 Å². The summed E-state index contributed by atoms with van der Waals surface area (Å²) in [5, 5.41) is 13.3. The number of hydrogen-bond donors (Lipinski definition) is 2. The summed E-state index contributed by atoms with van der Waals surface area (Å²) in [5.41, 5.74) is -0.162. The molecule has 0 aliphatic carbocycles. The maximum atomic E-state index is 12.5. The van der Waals surface area contributed by atoms with Crippen molar-refractivity contribution in [3.05, 3.63) is 40.6 Å². The molecule has 6 nitrogen and oxygen atoms in total. The van der Waals surface area contributed by atoms with Crippen LogP contribution in [0.15, 0.2) is 29.9 Å². The van der Waals surface area contributed by atoms with Crippen molar-refractivity contribution in [3.8, 4) is 0 Å². The van der Waals surface area contributed by atoms with Crippen LogP contribution in [0.25, 0.3) is 0 Å². The first-order chi connectivity index (χ1) is 9.41. The summed E-state index contributed by atoms with van der Waals surface area (Å²) in [6, 6.07) is 3.01. The number of carbonyl (C=O) groups excluding carboxylic acids is 1. The third-order valence-corrected chi connectivity index (χ3v) is 3.88. The molecule has 2 aromatic rings. The molecule has 2 aromatic heterocycles. The molecule has 0 radical (unpaired) electrons. The number of nitrogens with one attached hydrogen (secondary N) is 1. The Morgan fingerprint density at radius 1 is 1.30 bits per heavy atom. The quantitative estimate of drug-likeness (QED) is 0.845. The van der Waals surface area contributed by atoms with Crippen LogP contribution in [0.5, 0.6) is 0 Å². The van der Waals surface area contributed by atoms with Gasteiger partial charge in [0, 0.05) is 11.6 Å². The van der Waals surface area contributed by atoms with Gasteiger partial charge in [0.15, 0.2) is 5.78 Å². The van der Waals surface area contributed by atoms with Crippen LogP contribution in [0, 0.1) is 0 Å². The van der Waals surface area contributed by atoms with Crippen molar-refractivity contribution in [2.24, 2.45) is 0 Å². The van der Waals surface area contributed by atoms with Crippen molar-refractivity contribution in [1.82, 2.24) is 9.97 Å². The van der Waals surface area contributed by atoms with E-state index < -0.39 is 11.5 Å². The number of amides is 1. The van der Waals surface area contributed by atoms with Gasteiger partial charge in [-0.15, -0.1) is 11.3 Å². The molecule has 0 unspecified atom stereocenters. The summed E-state index contributed by atoms with van der Waals surface area (Å²) in [6.45, 7) is 3.58. The number of Topliss-reactive ketones (excluding diaryl/α,β-unsaturated/α-hetero) is 1. The number of rotatable bonds is 4. The predicted octanol–water partition coefficient (Wildman–Crippen LogP) is 2.79. The van der Waals surface area contributed by atoms with Gasteiger partial charge in [0.05, 0.1) is 17.3 Å². The van der Waals surface area contributed by atoms with Gasteiger partial charge >= 0.3 is 6.09 Å². The molecule has 104 valence electrons. The Kier molecular flexibility index (Phi) is 3.80. The highest BCUT2D eigenvalue weighted by atomic mass is 32.1. The van der Waals surface area contributed by atoms with Crippen LogP contribution in [0.2, 0.25) is 0 Å². The molecule has 0 fully saturated rings. The summed E-state index contributed by atoms with van der Waals surface area (Å²) >= 11 is 1.41. The average Bonchev–Trinajstić information content (AvgIpc) is 2.92. The van der Waals surface area contributed by atoms with Crippen molar-refractivity contribution >= 4 is 28.9 Å². The Bertz CT molecular complexity index is 621. The molecule has 7 heteroatoms.